The number of ether oxygens (including phenoxy) is 3. The maximum atomic E-state index is 14.1. The molecule has 5 atom stereocenters. The van der Waals surface area contributed by atoms with Gasteiger partial charge in [-0.1, -0.05) is 58.9 Å². The number of hydrogen-bond donors (Lipinski definition) is 1. The van der Waals surface area contributed by atoms with Crippen molar-refractivity contribution in [2.24, 2.45) is 17.3 Å². The van der Waals surface area contributed by atoms with Gasteiger partial charge in [-0.25, -0.2) is 9.78 Å². The second kappa shape index (κ2) is 12.2. The molecule has 2 aliphatic heterocycles. The molecule has 0 spiro atoms. The molecule has 1 aromatic carbocycles. The molecule has 1 N–H and O–H groups in total. The van der Waals surface area contributed by atoms with Crippen molar-refractivity contribution >= 4 is 11.9 Å². The number of aromatic nitrogens is 1. The van der Waals surface area contributed by atoms with Gasteiger partial charge in [-0.3, -0.25) is 4.79 Å². The molecule has 2 saturated heterocycles. The summed E-state index contributed by atoms with van der Waals surface area (Å²) in [5, 5.41) is 10.6. The highest BCUT2D eigenvalue weighted by Gasteiger charge is 2.59. The summed E-state index contributed by atoms with van der Waals surface area (Å²) in [6.07, 6.45) is -4.34. The third kappa shape index (κ3) is 6.27. The first-order chi connectivity index (χ1) is 19.7. The fourth-order valence-corrected chi connectivity index (χ4v) is 6.29. The Bertz CT molecular complexity index is 1290. The van der Waals surface area contributed by atoms with Gasteiger partial charge < -0.3 is 24.2 Å². The molecule has 2 fully saturated rings. The molecule has 1 aromatic heterocycles. The molecule has 0 bridgehead atoms. The average Bonchev–Trinajstić information content (AvgIpc) is 3.57. The fraction of sp³-hybridized carbons (Fsp3) is 0.581. The van der Waals surface area contributed by atoms with E-state index < -0.39 is 53.1 Å². The topological polar surface area (TPSA) is 98.2 Å². The van der Waals surface area contributed by atoms with Crippen molar-refractivity contribution in [2.75, 3.05) is 20.3 Å². The highest BCUT2D eigenvalue weighted by Crippen LogP contribution is 2.51. The zero-order valence-electron chi connectivity index (χ0n) is 24.8. The van der Waals surface area contributed by atoms with Crippen molar-refractivity contribution in [3.8, 4) is 5.88 Å². The van der Waals surface area contributed by atoms with E-state index in [1.54, 1.807) is 0 Å². The molecular formula is C31H39F3N2O6. The molecule has 230 valence electrons. The lowest BCUT2D eigenvalue weighted by molar-refractivity contribution is -0.154. The average molecular weight is 593 g/mol. The van der Waals surface area contributed by atoms with E-state index in [2.05, 4.69) is 4.98 Å². The van der Waals surface area contributed by atoms with Gasteiger partial charge in [0.05, 0.1) is 44.0 Å². The number of hydrogen-bond acceptors (Lipinski definition) is 6. The number of carbonyl (C=O) groups excluding carboxylic acids is 1. The van der Waals surface area contributed by atoms with E-state index in [0.717, 1.165) is 17.2 Å². The molecule has 11 heteroatoms. The largest absolute Gasteiger partial charge is 0.481 e. The predicted octanol–water partition coefficient (Wildman–Crippen LogP) is 5.85. The Balaban J connectivity index is 1.89. The minimum Gasteiger partial charge on any atom is -0.481 e. The van der Waals surface area contributed by atoms with E-state index >= 15 is 0 Å². The molecule has 2 aliphatic rings. The number of carbonyl (C=O) groups is 2. The normalized spacial score (nSPS) is 24.8. The smallest absolute Gasteiger partial charge is 0.417 e. The summed E-state index contributed by atoms with van der Waals surface area (Å²) in [5.74, 6) is -2.71. The van der Waals surface area contributed by atoms with Crippen molar-refractivity contribution in [3.63, 3.8) is 0 Å². The number of likely N-dealkylation sites (tertiary alicyclic amines) is 1. The van der Waals surface area contributed by atoms with Gasteiger partial charge in [-0.05, 0) is 34.9 Å². The number of nitrogens with zero attached hydrogens (tertiary/aromatic N) is 2. The standard InChI is InChI=1S/C31H39F3N2O6/c1-17(2)21-9-7-8-10-22(21)24-26(42-16-19-13-20(31(32,33)34)14-35-27(19)40-6)23(30(3,4)5)25(29(38)39)36(24)28(37)18-11-12-41-15-18/h7-10,13-14,17-18,23-26H,11-12,15-16H2,1-6H3,(H,38,39)/t18-,23+,24-,25-,26-/m0/s1. The van der Waals surface area contributed by atoms with Crippen molar-refractivity contribution < 1.29 is 42.1 Å². The fourth-order valence-electron chi connectivity index (χ4n) is 6.29. The third-order valence-corrected chi connectivity index (χ3v) is 8.21. The van der Waals surface area contributed by atoms with Crippen LogP contribution < -0.4 is 4.74 Å². The number of pyridine rings is 1. The summed E-state index contributed by atoms with van der Waals surface area (Å²) < 4.78 is 57.9. The molecule has 0 radical (unpaired) electrons. The third-order valence-electron chi connectivity index (χ3n) is 8.21. The van der Waals surface area contributed by atoms with E-state index in [1.165, 1.54) is 12.0 Å². The first kappa shape index (κ1) is 31.7. The predicted molar refractivity (Wildman–Crippen MR) is 148 cm³/mol. The summed E-state index contributed by atoms with van der Waals surface area (Å²) in [6.45, 7) is 9.93. The van der Waals surface area contributed by atoms with Crippen LogP contribution in [0.1, 0.15) is 75.3 Å². The molecule has 42 heavy (non-hydrogen) atoms. The summed E-state index contributed by atoms with van der Waals surface area (Å²) in [6, 6.07) is 6.41. The number of carboxylic acid groups (broad SMARTS) is 1. The van der Waals surface area contributed by atoms with Gasteiger partial charge in [-0.2, -0.15) is 13.2 Å². The quantitative estimate of drug-likeness (QED) is 0.411. The van der Waals surface area contributed by atoms with Gasteiger partial charge in [0.25, 0.3) is 0 Å². The summed E-state index contributed by atoms with van der Waals surface area (Å²) in [7, 11) is 1.30. The maximum Gasteiger partial charge on any atom is 0.417 e. The molecule has 0 unspecified atom stereocenters. The minimum absolute atomic E-state index is 0.0294. The Hall–Kier alpha value is -3.18. The number of rotatable bonds is 8. The number of amides is 1. The van der Waals surface area contributed by atoms with E-state index in [1.807, 2.05) is 58.9 Å². The summed E-state index contributed by atoms with van der Waals surface area (Å²) >= 11 is 0. The van der Waals surface area contributed by atoms with Crippen molar-refractivity contribution in [1.29, 1.82) is 0 Å². The van der Waals surface area contributed by atoms with E-state index in [0.29, 0.717) is 19.2 Å². The van der Waals surface area contributed by atoms with Crippen LogP contribution in [0.3, 0.4) is 0 Å². The van der Waals surface area contributed by atoms with Gasteiger partial charge in [0.2, 0.25) is 11.8 Å². The Morgan fingerprint density at radius 3 is 2.43 bits per heavy atom. The highest BCUT2D eigenvalue weighted by atomic mass is 19.4. The van der Waals surface area contributed by atoms with E-state index in [4.69, 9.17) is 14.2 Å². The number of aliphatic carboxylic acids is 1. The first-order valence-electron chi connectivity index (χ1n) is 14.1. The highest BCUT2D eigenvalue weighted by molar-refractivity contribution is 5.87. The van der Waals surface area contributed by atoms with Crippen LogP contribution in [0.25, 0.3) is 0 Å². The number of alkyl halides is 3. The number of benzene rings is 1. The van der Waals surface area contributed by atoms with Crippen LogP contribution in [0.5, 0.6) is 5.88 Å². The zero-order chi connectivity index (χ0) is 31.0. The number of methoxy groups -OCH3 is 1. The van der Waals surface area contributed by atoms with Gasteiger partial charge in [0, 0.05) is 24.3 Å². The summed E-state index contributed by atoms with van der Waals surface area (Å²) in [4.78, 5) is 32.5. The minimum atomic E-state index is -4.63. The van der Waals surface area contributed by atoms with Crippen LogP contribution in [0, 0.1) is 17.3 Å². The molecule has 2 aromatic rings. The Labute approximate surface area is 244 Å². The lowest BCUT2D eigenvalue weighted by Crippen LogP contribution is -2.49. The second-order valence-electron chi connectivity index (χ2n) is 12.4. The van der Waals surface area contributed by atoms with E-state index in [-0.39, 0.29) is 36.5 Å². The van der Waals surface area contributed by atoms with Crippen LogP contribution in [-0.4, -0.2) is 59.3 Å². The van der Waals surface area contributed by atoms with Gasteiger partial charge in [0.1, 0.15) is 6.04 Å². The van der Waals surface area contributed by atoms with Gasteiger partial charge in [0.15, 0.2) is 0 Å². The monoisotopic (exact) mass is 592 g/mol. The summed E-state index contributed by atoms with van der Waals surface area (Å²) in [5.41, 5.74) is 0.113. The Kier molecular flexibility index (Phi) is 9.22. The Morgan fingerprint density at radius 2 is 1.88 bits per heavy atom. The molecule has 1 amide bonds. The lowest BCUT2D eigenvalue weighted by Gasteiger charge is -2.35. The van der Waals surface area contributed by atoms with Crippen LogP contribution >= 0.6 is 0 Å². The molecule has 0 saturated carbocycles. The van der Waals surface area contributed by atoms with Crippen molar-refractivity contribution in [2.45, 2.75) is 77.9 Å². The van der Waals surface area contributed by atoms with Crippen molar-refractivity contribution in [3.05, 3.63) is 58.8 Å². The maximum absolute atomic E-state index is 14.1. The molecule has 0 aliphatic carbocycles. The SMILES string of the molecule is COc1ncc(C(F)(F)F)cc1CO[C@H]1[C@H](C(C)(C)C)[C@@H](C(=O)O)N(C(=O)[C@H]2CCOC2)[C@H]1c1ccccc1C(C)C. The van der Waals surface area contributed by atoms with Gasteiger partial charge in [-0.15, -0.1) is 0 Å². The molecular weight excluding hydrogens is 553 g/mol. The Morgan fingerprint density at radius 1 is 1.19 bits per heavy atom. The van der Waals surface area contributed by atoms with Crippen LogP contribution in [0.4, 0.5) is 13.2 Å². The molecule has 4 rings (SSSR count). The lowest BCUT2D eigenvalue weighted by atomic mass is 9.73. The number of halogens is 3. The molecule has 3 heterocycles. The number of carboxylic acids is 1. The zero-order valence-corrected chi connectivity index (χ0v) is 24.8. The first-order valence-corrected chi connectivity index (χ1v) is 14.1. The molecule has 8 nitrogen and oxygen atoms in total. The van der Waals surface area contributed by atoms with Crippen LogP contribution in [-0.2, 0) is 31.8 Å². The van der Waals surface area contributed by atoms with Crippen molar-refractivity contribution in [1.82, 2.24) is 9.88 Å². The van der Waals surface area contributed by atoms with Crippen LogP contribution in [0.2, 0.25) is 0 Å². The van der Waals surface area contributed by atoms with Gasteiger partial charge >= 0.3 is 12.1 Å². The van der Waals surface area contributed by atoms with Crippen LogP contribution in [0.15, 0.2) is 36.5 Å². The second-order valence-corrected chi connectivity index (χ2v) is 12.4. The van der Waals surface area contributed by atoms with E-state index in [9.17, 15) is 27.9 Å².